The van der Waals surface area contributed by atoms with Crippen LogP contribution in [0.2, 0.25) is 0 Å². The molecule has 0 saturated carbocycles. The van der Waals surface area contributed by atoms with E-state index in [2.05, 4.69) is 5.32 Å². The highest BCUT2D eigenvalue weighted by atomic mass is 32.1. The van der Waals surface area contributed by atoms with Crippen molar-refractivity contribution < 1.29 is 24.4 Å². The Kier molecular flexibility index (Phi) is 5.83. The molecule has 1 heterocycles. The first-order chi connectivity index (χ1) is 15.8. The molecule has 0 aromatic heterocycles. The van der Waals surface area contributed by atoms with Crippen molar-refractivity contribution >= 4 is 46.6 Å². The number of nitro benzene ring substituents is 1. The lowest BCUT2D eigenvalue weighted by atomic mass is 10.1. The third-order valence-corrected chi connectivity index (χ3v) is 5.00. The van der Waals surface area contributed by atoms with Gasteiger partial charge < -0.3 is 9.84 Å². The summed E-state index contributed by atoms with van der Waals surface area (Å²) >= 11 is 5.18. The molecule has 0 aliphatic carbocycles. The molecule has 4 rings (SSSR count). The summed E-state index contributed by atoms with van der Waals surface area (Å²) in [4.78, 5) is 37.0. The van der Waals surface area contributed by atoms with E-state index in [4.69, 9.17) is 17.0 Å². The molecule has 1 saturated heterocycles. The standard InChI is InChI=1S/C23H15N3O6S/c27-20-14(5-4-8-19(20)26(30)31)13-18-21(28)24-23(33)25(22(18)29)15-9-11-17(12-10-15)32-16-6-2-1-3-7-16/h1-13,27H,(H,24,28,33)/b18-13+. The van der Waals surface area contributed by atoms with Gasteiger partial charge in [-0.15, -0.1) is 0 Å². The Labute approximate surface area is 192 Å². The van der Waals surface area contributed by atoms with Crippen molar-refractivity contribution in [2.75, 3.05) is 4.90 Å². The van der Waals surface area contributed by atoms with E-state index in [9.17, 15) is 24.8 Å². The van der Waals surface area contributed by atoms with Gasteiger partial charge >= 0.3 is 5.69 Å². The Morgan fingerprint density at radius 1 is 0.970 bits per heavy atom. The maximum Gasteiger partial charge on any atom is 0.311 e. The maximum absolute atomic E-state index is 13.1. The molecule has 1 aliphatic rings. The average Bonchev–Trinajstić information content (AvgIpc) is 2.79. The van der Waals surface area contributed by atoms with Crippen LogP contribution in [-0.2, 0) is 9.59 Å². The second-order valence-corrected chi connectivity index (χ2v) is 7.23. The van der Waals surface area contributed by atoms with Crippen molar-refractivity contribution in [2.45, 2.75) is 0 Å². The molecule has 0 bridgehead atoms. The lowest BCUT2D eigenvalue weighted by Gasteiger charge is -2.29. The summed E-state index contributed by atoms with van der Waals surface area (Å²) < 4.78 is 5.74. The number of nitrogens with one attached hydrogen (secondary N) is 1. The zero-order valence-corrected chi connectivity index (χ0v) is 17.6. The summed E-state index contributed by atoms with van der Waals surface area (Å²) in [5.74, 6) is -1.01. The number of rotatable bonds is 5. The number of benzene rings is 3. The van der Waals surface area contributed by atoms with Crippen LogP contribution in [0.3, 0.4) is 0 Å². The quantitative estimate of drug-likeness (QED) is 0.194. The normalized spacial score (nSPS) is 14.8. The predicted octanol–water partition coefficient (Wildman–Crippen LogP) is 3.92. The van der Waals surface area contributed by atoms with E-state index in [0.717, 1.165) is 17.0 Å². The van der Waals surface area contributed by atoms with Gasteiger partial charge in [0.05, 0.1) is 10.6 Å². The number of nitro groups is 1. The van der Waals surface area contributed by atoms with Gasteiger partial charge in [-0.05, 0) is 54.7 Å². The van der Waals surface area contributed by atoms with Crippen LogP contribution in [0.15, 0.2) is 78.4 Å². The summed E-state index contributed by atoms with van der Waals surface area (Å²) in [6, 6.07) is 19.4. The van der Waals surface area contributed by atoms with Gasteiger partial charge in [0, 0.05) is 11.6 Å². The molecule has 0 radical (unpaired) electrons. The molecule has 164 valence electrons. The van der Waals surface area contributed by atoms with Gasteiger partial charge in [-0.2, -0.15) is 0 Å². The zero-order chi connectivity index (χ0) is 23.5. The van der Waals surface area contributed by atoms with Gasteiger partial charge in [-0.1, -0.05) is 30.3 Å². The van der Waals surface area contributed by atoms with Gasteiger partial charge in [-0.3, -0.25) is 29.9 Å². The summed E-state index contributed by atoms with van der Waals surface area (Å²) in [6.07, 6.45) is 1.08. The van der Waals surface area contributed by atoms with E-state index in [1.54, 1.807) is 36.4 Å². The minimum atomic E-state index is -0.781. The molecule has 2 amide bonds. The number of nitrogens with zero attached hydrogens (tertiary/aromatic N) is 2. The Morgan fingerprint density at radius 2 is 1.64 bits per heavy atom. The number of carbonyl (C=O) groups excluding carboxylic acids is 2. The molecule has 1 fully saturated rings. The molecule has 10 heteroatoms. The number of phenolic OH excluding ortho intramolecular Hbond substituents is 1. The Balaban J connectivity index is 1.64. The summed E-state index contributed by atoms with van der Waals surface area (Å²) in [5, 5.41) is 23.5. The maximum atomic E-state index is 13.1. The van der Waals surface area contributed by atoms with Gasteiger partial charge in [-0.25, -0.2) is 0 Å². The Hall–Kier alpha value is -4.57. The first-order valence-electron chi connectivity index (χ1n) is 9.56. The average molecular weight is 461 g/mol. The minimum absolute atomic E-state index is 0.0536. The molecule has 2 N–H and O–H groups in total. The smallest absolute Gasteiger partial charge is 0.311 e. The van der Waals surface area contributed by atoms with Crippen molar-refractivity contribution in [3.8, 4) is 17.2 Å². The summed E-state index contributed by atoms with van der Waals surface area (Å²) in [6.45, 7) is 0. The van der Waals surface area contributed by atoms with E-state index < -0.39 is 28.2 Å². The summed E-state index contributed by atoms with van der Waals surface area (Å²) in [7, 11) is 0. The predicted molar refractivity (Wildman–Crippen MR) is 124 cm³/mol. The van der Waals surface area contributed by atoms with Crippen LogP contribution >= 0.6 is 12.2 Å². The van der Waals surface area contributed by atoms with Crippen LogP contribution in [0.5, 0.6) is 17.2 Å². The first-order valence-corrected chi connectivity index (χ1v) is 9.97. The van der Waals surface area contributed by atoms with E-state index >= 15 is 0 Å². The third-order valence-electron chi connectivity index (χ3n) is 4.72. The monoisotopic (exact) mass is 461 g/mol. The lowest BCUT2D eigenvalue weighted by Crippen LogP contribution is -2.54. The highest BCUT2D eigenvalue weighted by Gasteiger charge is 2.35. The van der Waals surface area contributed by atoms with Crippen molar-refractivity contribution in [1.29, 1.82) is 0 Å². The topological polar surface area (TPSA) is 122 Å². The number of hydrogen-bond donors (Lipinski definition) is 2. The van der Waals surface area contributed by atoms with E-state index in [1.807, 2.05) is 18.2 Å². The molecular weight excluding hydrogens is 446 g/mol. The SMILES string of the molecule is O=C1NC(=S)N(c2ccc(Oc3ccccc3)cc2)C(=O)/C1=C/c1cccc([N+](=O)[O-])c1O. The van der Waals surface area contributed by atoms with Gasteiger partial charge in [0.2, 0.25) is 5.75 Å². The molecule has 0 atom stereocenters. The fourth-order valence-electron chi connectivity index (χ4n) is 3.15. The third kappa shape index (κ3) is 4.41. The van der Waals surface area contributed by atoms with E-state index in [0.29, 0.717) is 17.2 Å². The molecular formula is C23H15N3O6S. The highest BCUT2D eigenvalue weighted by Crippen LogP contribution is 2.32. The fraction of sp³-hybridized carbons (Fsp3) is 0. The molecule has 33 heavy (non-hydrogen) atoms. The zero-order valence-electron chi connectivity index (χ0n) is 16.8. The van der Waals surface area contributed by atoms with Crippen molar-refractivity contribution in [1.82, 2.24) is 5.32 Å². The number of thiocarbonyl (C=S) groups is 1. The molecule has 0 spiro atoms. The molecule has 9 nitrogen and oxygen atoms in total. The number of carbonyl (C=O) groups is 2. The minimum Gasteiger partial charge on any atom is -0.502 e. The fourth-order valence-corrected chi connectivity index (χ4v) is 3.43. The van der Waals surface area contributed by atoms with Crippen LogP contribution in [0.25, 0.3) is 6.08 Å². The molecule has 1 aliphatic heterocycles. The Morgan fingerprint density at radius 3 is 2.30 bits per heavy atom. The van der Waals surface area contributed by atoms with Crippen LogP contribution < -0.4 is 15.0 Å². The molecule has 3 aromatic carbocycles. The van der Waals surface area contributed by atoms with Gasteiger partial charge in [0.15, 0.2) is 5.11 Å². The van der Waals surface area contributed by atoms with Crippen molar-refractivity contribution in [2.24, 2.45) is 0 Å². The number of hydrogen-bond acceptors (Lipinski definition) is 7. The van der Waals surface area contributed by atoms with E-state index in [-0.39, 0.29) is 16.2 Å². The number of aromatic hydroxyl groups is 1. The second kappa shape index (κ2) is 8.89. The number of para-hydroxylation sites is 2. The number of ether oxygens (including phenoxy) is 1. The first kappa shape index (κ1) is 21.7. The molecule has 3 aromatic rings. The molecule has 0 unspecified atom stereocenters. The highest BCUT2D eigenvalue weighted by molar-refractivity contribution is 7.80. The number of phenols is 1. The van der Waals surface area contributed by atoms with Crippen LogP contribution in [0.1, 0.15) is 5.56 Å². The van der Waals surface area contributed by atoms with Crippen molar-refractivity contribution in [3.05, 3.63) is 94.0 Å². The van der Waals surface area contributed by atoms with Crippen LogP contribution in [0, 0.1) is 10.1 Å². The Bertz CT molecular complexity index is 1310. The second-order valence-electron chi connectivity index (χ2n) is 6.84. The van der Waals surface area contributed by atoms with Crippen LogP contribution in [-0.4, -0.2) is 27.0 Å². The number of amides is 2. The van der Waals surface area contributed by atoms with Crippen LogP contribution in [0.4, 0.5) is 11.4 Å². The largest absolute Gasteiger partial charge is 0.502 e. The lowest BCUT2D eigenvalue weighted by molar-refractivity contribution is -0.385. The summed E-state index contributed by atoms with van der Waals surface area (Å²) in [5.41, 5.74) is -0.569. The van der Waals surface area contributed by atoms with Gasteiger partial charge in [0.1, 0.15) is 17.1 Å². The van der Waals surface area contributed by atoms with E-state index in [1.165, 1.54) is 12.1 Å². The van der Waals surface area contributed by atoms with Gasteiger partial charge in [0.25, 0.3) is 11.8 Å². The number of anilines is 1. The van der Waals surface area contributed by atoms with Crippen molar-refractivity contribution in [3.63, 3.8) is 0 Å².